The van der Waals surface area contributed by atoms with Gasteiger partial charge in [-0.2, -0.15) is 0 Å². The summed E-state index contributed by atoms with van der Waals surface area (Å²) < 4.78 is 19.2. The Morgan fingerprint density at radius 2 is 1.45 bits per heavy atom. The number of hydrogen-bond donors (Lipinski definition) is 0. The topological polar surface area (TPSA) is 63.7 Å². The molecule has 0 N–H and O–H groups in total. The summed E-state index contributed by atoms with van der Waals surface area (Å²) in [5, 5.41) is 0. The van der Waals surface area contributed by atoms with Gasteiger partial charge in [0.1, 0.15) is 23.0 Å². The van der Waals surface area contributed by atoms with Crippen LogP contribution in [0.15, 0.2) is 103 Å². The number of nitrogens with zero attached hydrogens (tertiary/aromatic N) is 1. The normalized spacial score (nSPS) is 21.8. The van der Waals surface area contributed by atoms with Crippen LogP contribution in [0, 0.1) is 11.2 Å². The van der Waals surface area contributed by atoms with E-state index < -0.39 is 29.2 Å². The van der Waals surface area contributed by atoms with Crippen LogP contribution < -0.4 is 9.64 Å². The third kappa shape index (κ3) is 3.16. The fourth-order valence-corrected chi connectivity index (χ4v) is 6.89. The minimum Gasteiger partial charge on any atom is -0.497 e. The van der Waals surface area contributed by atoms with E-state index in [1.807, 2.05) is 53.5 Å². The highest BCUT2D eigenvalue weighted by Crippen LogP contribution is 2.61. The van der Waals surface area contributed by atoms with Crippen molar-refractivity contribution in [2.45, 2.75) is 18.0 Å². The third-order valence-corrected chi connectivity index (χ3v) is 8.59. The third-order valence-electron chi connectivity index (χ3n) is 8.59. The van der Waals surface area contributed by atoms with Crippen molar-refractivity contribution in [1.29, 1.82) is 0 Å². The first-order valence-electron chi connectivity index (χ1n) is 13.1. The van der Waals surface area contributed by atoms with Crippen LogP contribution >= 0.6 is 0 Å². The highest BCUT2D eigenvalue weighted by Gasteiger charge is 2.71. The molecular formula is C34H24FNO4. The van der Waals surface area contributed by atoms with E-state index in [-0.39, 0.29) is 17.3 Å². The number of benzene rings is 4. The second kappa shape index (κ2) is 8.85. The van der Waals surface area contributed by atoms with Gasteiger partial charge in [-0.3, -0.25) is 14.4 Å². The fraction of sp³-hybridized carbons (Fsp3) is 0.147. The summed E-state index contributed by atoms with van der Waals surface area (Å²) in [6, 6.07) is 25.6. The molecule has 3 atom stereocenters. The monoisotopic (exact) mass is 529 g/mol. The highest BCUT2D eigenvalue weighted by atomic mass is 19.1. The van der Waals surface area contributed by atoms with Crippen molar-refractivity contribution in [3.8, 4) is 5.75 Å². The molecule has 0 saturated carbocycles. The lowest BCUT2D eigenvalue weighted by molar-refractivity contribution is 0.0666. The SMILES string of the molecule is COc1ccc([C@@H]2[C@@H](C(=O)c3ccc(F)cc3)N3c4ccccc4C=C[C@H]3C23C(=O)c2ccccc2C3=O)cc1. The van der Waals surface area contributed by atoms with Crippen LogP contribution in [0.2, 0.25) is 0 Å². The Labute approximate surface area is 230 Å². The summed E-state index contributed by atoms with van der Waals surface area (Å²) in [5.41, 5.74) is 1.79. The zero-order valence-electron chi connectivity index (χ0n) is 21.6. The van der Waals surface area contributed by atoms with Gasteiger partial charge < -0.3 is 9.64 Å². The summed E-state index contributed by atoms with van der Waals surface area (Å²) >= 11 is 0. The molecule has 196 valence electrons. The number of fused-ring (bicyclic) bond motifs is 5. The average molecular weight is 530 g/mol. The van der Waals surface area contributed by atoms with Gasteiger partial charge in [0.2, 0.25) is 0 Å². The molecule has 1 saturated heterocycles. The van der Waals surface area contributed by atoms with E-state index in [1.54, 1.807) is 43.5 Å². The summed E-state index contributed by atoms with van der Waals surface area (Å²) in [4.78, 5) is 45.6. The van der Waals surface area contributed by atoms with Crippen LogP contribution in [-0.2, 0) is 0 Å². The van der Waals surface area contributed by atoms with Crippen LogP contribution in [0.3, 0.4) is 0 Å². The van der Waals surface area contributed by atoms with E-state index in [2.05, 4.69) is 0 Å². The molecule has 0 unspecified atom stereocenters. The molecular weight excluding hydrogens is 505 g/mol. The Balaban J connectivity index is 1.53. The van der Waals surface area contributed by atoms with Gasteiger partial charge >= 0.3 is 0 Å². The number of hydrogen-bond acceptors (Lipinski definition) is 5. The molecule has 4 aromatic rings. The maximum Gasteiger partial charge on any atom is 0.185 e. The molecule has 0 radical (unpaired) electrons. The predicted octanol–water partition coefficient (Wildman–Crippen LogP) is 6.15. The van der Waals surface area contributed by atoms with Crippen molar-refractivity contribution < 1.29 is 23.5 Å². The number of para-hydroxylation sites is 1. The largest absolute Gasteiger partial charge is 0.497 e. The standard InChI is InChI=1S/C34H24FNO4/c1-40-24-17-12-21(13-18-24)29-30(31(37)22-10-15-23(35)16-11-22)36-27-9-5-2-6-20(27)14-19-28(36)34(29)32(38)25-7-3-4-8-26(25)33(34)39/h2-19,28-30H,1H3/t28-,29+,30-/m0/s1. The summed E-state index contributed by atoms with van der Waals surface area (Å²) in [7, 11) is 1.57. The first-order valence-corrected chi connectivity index (χ1v) is 13.1. The smallest absolute Gasteiger partial charge is 0.185 e. The number of carbonyl (C=O) groups excluding carboxylic acids is 3. The van der Waals surface area contributed by atoms with Crippen LogP contribution in [-0.4, -0.2) is 36.5 Å². The van der Waals surface area contributed by atoms with Crippen LogP contribution in [0.4, 0.5) is 10.1 Å². The minimum atomic E-state index is -1.58. The molecule has 1 aliphatic carbocycles. The lowest BCUT2D eigenvalue weighted by atomic mass is 9.64. The Kier molecular flexibility index (Phi) is 5.36. The molecule has 2 aliphatic heterocycles. The van der Waals surface area contributed by atoms with Crippen molar-refractivity contribution in [2.75, 3.05) is 12.0 Å². The second-order valence-corrected chi connectivity index (χ2v) is 10.4. The number of anilines is 1. The van der Waals surface area contributed by atoms with Gasteiger partial charge in [-0.05, 0) is 53.6 Å². The van der Waals surface area contributed by atoms with E-state index >= 15 is 0 Å². The van der Waals surface area contributed by atoms with E-state index in [0.29, 0.717) is 28.0 Å². The number of rotatable bonds is 4. The van der Waals surface area contributed by atoms with Crippen LogP contribution in [0.5, 0.6) is 5.75 Å². The zero-order chi connectivity index (χ0) is 27.6. The Bertz CT molecular complexity index is 1690. The number of carbonyl (C=O) groups is 3. The van der Waals surface area contributed by atoms with E-state index in [1.165, 1.54) is 24.3 Å². The molecule has 40 heavy (non-hydrogen) atoms. The molecule has 5 nitrogen and oxygen atoms in total. The van der Waals surface area contributed by atoms with Gasteiger partial charge in [0.25, 0.3) is 0 Å². The number of ketones is 3. The molecule has 3 aliphatic rings. The lowest BCUT2D eigenvalue weighted by Crippen LogP contribution is -2.48. The molecule has 1 fully saturated rings. The van der Waals surface area contributed by atoms with Gasteiger partial charge in [0, 0.05) is 28.3 Å². The molecule has 7 rings (SSSR count). The maximum atomic E-state index is 14.6. The van der Waals surface area contributed by atoms with E-state index in [4.69, 9.17) is 4.74 Å². The summed E-state index contributed by atoms with van der Waals surface area (Å²) in [6.45, 7) is 0. The molecule has 1 spiro atoms. The van der Waals surface area contributed by atoms with Gasteiger partial charge in [-0.1, -0.05) is 66.7 Å². The second-order valence-electron chi connectivity index (χ2n) is 10.4. The molecule has 4 aromatic carbocycles. The van der Waals surface area contributed by atoms with Gasteiger partial charge in [0.15, 0.2) is 17.3 Å². The van der Waals surface area contributed by atoms with Crippen LogP contribution in [0.1, 0.15) is 48.1 Å². The van der Waals surface area contributed by atoms with E-state index in [0.717, 1.165) is 11.3 Å². The Morgan fingerprint density at radius 1 is 0.825 bits per heavy atom. The molecule has 0 bridgehead atoms. The van der Waals surface area contributed by atoms with Crippen molar-refractivity contribution in [2.24, 2.45) is 5.41 Å². The van der Waals surface area contributed by atoms with Crippen molar-refractivity contribution in [1.82, 2.24) is 0 Å². The number of Topliss-reactive ketones (excluding diaryl/α,β-unsaturated/α-hetero) is 3. The van der Waals surface area contributed by atoms with Crippen LogP contribution in [0.25, 0.3) is 6.08 Å². The molecule has 0 aromatic heterocycles. The van der Waals surface area contributed by atoms with Gasteiger partial charge in [-0.15, -0.1) is 0 Å². The maximum absolute atomic E-state index is 14.6. The van der Waals surface area contributed by atoms with E-state index in [9.17, 15) is 18.8 Å². The van der Waals surface area contributed by atoms with Gasteiger partial charge in [-0.25, -0.2) is 4.39 Å². The predicted molar refractivity (Wildman–Crippen MR) is 150 cm³/mol. The van der Waals surface area contributed by atoms with Crippen molar-refractivity contribution in [3.63, 3.8) is 0 Å². The summed E-state index contributed by atoms with van der Waals surface area (Å²) in [6.07, 6.45) is 3.82. The highest BCUT2D eigenvalue weighted by molar-refractivity contribution is 6.32. The Hall–Kier alpha value is -4.84. The zero-order valence-corrected chi connectivity index (χ0v) is 21.6. The fourth-order valence-electron chi connectivity index (χ4n) is 6.89. The first kappa shape index (κ1) is 24.2. The average Bonchev–Trinajstić information content (AvgIpc) is 3.43. The number of halogens is 1. The Morgan fingerprint density at radius 3 is 2.10 bits per heavy atom. The minimum absolute atomic E-state index is 0.288. The number of methoxy groups -OCH3 is 1. The summed E-state index contributed by atoms with van der Waals surface area (Å²) in [5.74, 6) is -1.53. The first-order chi connectivity index (χ1) is 19.5. The molecule has 2 heterocycles. The van der Waals surface area contributed by atoms with Crippen molar-refractivity contribution >= 4 is 29.1 Å². The quantitative estimate of drug-likeness (QED) is 0.234. The number of ether oxygens (including phenoxy) is 1. The molecule has 0 amide bonds. The van der Waals surface area contributed by atoms with Gasteiger partial charge in [0.05, 0.1) is 13.2 Å². The molecule has 6 heteroatoms. The lowest BCUT2D eigenvalue weighted by Gasteiger charge is -2.37. The van der Waals surface area contributed by atoms with Crippen molar-refractivity contribution in [3.05, 3.63) is 137 Å².